The molecule has 1 aromatic rings. The fraction of sp³-hybridized carbons (Fsp3) is 0. The first-order valence-corrected chi connectivity index (χ1v) is 4.44. The predicted octanol–water partition coefficient (Wildman–Crippen LogP) is 0.430. The molecule has 0 aliphatic carbocycles. The highest BCUT2D eigenvalue weighted by atomic mass is 32.2. The Kier molecular flexibility index (Phi) is 1.95. The lowest BCUT2D eigenvalue weighted by atomic mass is 10.3. The van der Waals surface area contributed by atoms with Crippen LogP contribution in [0.1, 0.15) is 0 Å². The molecule has 0 bridgehead atoms. The standard InChI is InChI=1S/C6H7N2O3S/c7-4-1-2-6(5(8)3-4)12(9,10)11/h1-3,7H,8H2,(H,9,10,11). The number of nitrogens with one attached hydrogen (secondary N) is 1. The van der Waals surface area contributed by atoms with Crippen LogP contribution < -0.4 is 11.5 Å². The van der Waals surface area contributed by atoms with Crippen LogP contribution in [0.15, 0.2) is 23.1 Å². The molecule has 1 aromatic carbocycles. The monoisotopic (exact) mass is 187 g/mol. The molecule has 0 atom stereocenters. The van der Waals surface area contributed by atoms with Crippen LogP contribution in [0.25, 0.3) is 0 Å². The predicted molar refractivity (Wildman–Crippen MR) is 43.4 cm³/mol. The molecule has 0 spiro atoms. The van der Waals surface area contributed by atoms with Crippen molar-refractivity contribution < 1.29 is 13.0 Å². The molecule has 1 rings (SSSR count). The number of rotatable bonds is 1. The van der Waals surface area contributed by atoms with Gasteiger partial charge in [0.25, 0.3) is 10.1 Å². The number of hydrogen-bond donors (Lipinski definition) is 2. The van der Waals surface area contributed by atoms with Crippen molar-refractivity contribution in [3.8, 4) is 0 Å². The molecule has 0 saturated heterocycles. The average Bonchev–Trinajstić information content (AvgIpc) is 1.83. The maximum absolute atomic E-state index is 10.6. The second-order valence-corrected chi connectivity index (χ2v) is 3.62. The Morgan fingerprint density at radius 3 is 2.42 bits per heavy atom. The van der Waals surface area contributed by atoms with E-state index in [2.05, 4.69) is 0 Å². The molecule has 0 aliphatic rings. The highest BCUT2D eigenvalue weighted by molar-refractivity contribution is 7.86. The van der Waals surface area contributed by atoms with Gasteiger partial charge in [-0.3, -0.25) is 4.55 Å². The van der Waals surface area contributed by atoms with E-state index in [9.17, 15) is 8.42 Å². The van der Waals surface area contributed by atoms with Crippen molar-refractivity contribution in [3.63, 3.8) is 0 Å². The van der Waals surface area contributed by atoms with Crippen molar-refractivity contribution in [1.82, 2.24) is 5.73 Å². The molecule has 0 fully saturated rings. The minimum absolute atomic E-state index is 0.0971. The molecule has 65 valence electrons. The van der Waals surface area contributed by atoms with E-state index >= 15 is 0 Å². The summed E-state index contributed by atoms with van der Waals surface area (Å²) in [6, 6.07) is 3.48. The summed E-state index contributed by atoms with van der Waals surface area (Å²) in [6.45, 7) is 0. The summed E-state index contributed by atoms with van der Waals surface area (Å²) < 4.78 is 29.8. The molecule has 0 aromatic heterocycles. The summed E-state index contributed by atoms with van der Waals surface area (Å²) in [5.41, 5.74) is 12.3. The summed E-state index contributed by atoms with van der Waals surface area (Å²) in [7, 11) is -4.26. The molecule has 4 N–H and O–H groups in total. The molecule has 0 amide bonds. The summed E-state index contributed by atoms with van der Waals surface area (Å²) in [5.74, 6) is 0. The van der Waals surface area contributed by atoms with E-state index in [1.165, 1.54) is 6.07 Å². The molecule has 1 radical (unpaired) electrons. The van der Waals surface area contributed by atoms with Crippen LogP contribution in [0.3, 0.4) is 0 Å². The Morgan fingerprint density at radius 2 is 2.00 bits per heavy atom. The maximum Gasteiger partial charge on any atom is 0.296 e. The third kappa shape index (κ3) is 1.66. The summed E-state index contributed by atoms with van der Waals surface area (Å²) >= 11 is 0. The highest BCUT2D eigenvalue weighted by Crippen LogP contribution is 2.20. The van der Waals surface area contributed by atoms with Crippen molar-refractivity contribution in [2.24, 2.45) is 0 Å². The van der Waals surface area contributed by atoms with E-state index in [4.69, 9.17) is 16.0 Å². The number of anilines is 1. The van der Waals surface area contributed by atoms with Gasteiger partial charge in [0.2, 0.25) is 0 Å². The Hall–Kier alpha value is -1.27. The zero-order valence-electron chi connectivity index (χ0n) is 5.98. The molecule has 0 unspecified atom stereocenters. The van der Waals surface area contributed by atoms with Crippen LogP contribution in [0, 0.1) is 0 Å². The van der Waals surface area contributed by atoms with Crippen molar-refractivity contribution in [2.45, 2.75) is 4.90 Å². The van der Waals surface area contributed by atoms with Crippen LogP contribution in [-0.2, 0) is 10.1 Å². The van der Waals surface area contributed by atoms with Crippen LogP contribution in [0.2, 0.25) is 0 Å². The van der Waals surface area contributed by atoms with Gasteiger partial charge >= 0.3 is 0 Å². The SMILES string of the molecule is [NH]c1ccc(S(=O)(=O)O)c(N)c1. The van der Waals surface area contributed by atoms with Crippen molar-refractivity contribution in [2.75, 3.05) is 5.73 Å². The first-order valence-electron chi connectivity index (χ1n) is 3.00. The van der Waals surface area contributed by atoms with Crippen molar-refractivity contribution in [1.29, 1.82) is 0 Å². The van der Waals surface area contributed by atoms with Gasteiger partial charge in [0.1, 0.15) is 4.90 Å². The van der Waals surface area contributed by atoms with E-state index in [1.807, 2.05) is 0 Å². The molecule has 0 aliphatic heterocycles. The fourth-order valence-corrected chi connectivity index (χ4v) is 1.38. The zero-order chi connectivity index (χ0) is 9.35. The van der Waals surface area contributed by atoms with Gasteiger partial charge in [-0.1, -0.05) is 0 Å². The Bertz CT molecular complexity index is 399. The van der Waals surface area contributed by atoms with Gasteiger partial charge in [-0.2, -0.15) is 8.42 Å². The molecule has 6 heteroatoms. The van der Waals surface area contributed by atoms with Gasteiger partial charge in [0.15, 0.2) is 0 Å². The first-order chi connectivity index (χ1) is 5.41. The largest absolute Gasteiger partial charge is 0.398 e. The van der Waals surface area contributed by atoms with E-state index in [-0.39, 0.29) is 16.3 Å². The number of benzene rings is 1. The average molecular weight is 187 g/mol. The quantitative estimate of drug-likeness (QED) is 0.491. The van der Waals surface area contributed by atoms with Gasteiger partial charge in [-0.25, -0.2) is 0 Å². The normalized spacial score (nSPS) is 11.4. The van der Waals surface area contributed by atoms with Crippen molar-refractivity contribution in [3.05, 3.63) is 18.2 Å². The maximum atomic E-state index is 10.6. The van der Waals surface area contributed by atoms with Gasteiger partial charge in [-0.05, 0) is 18.2 Å². The van der Waals surface area contributed by atoms with Crippen molar-refractivity contribution >= 4 is 21.5 Å². The number of nitrogen functional groups attached to an aromatic ring is 1. The molecule has 12 heavy (non-hydrogen) atoms. The second kappa shape index (κ2) is 2.65. The smallest absolute Gasteiger partial charge is 0.296 e. The van der Waals surface area contributed by atoms with E-state index in [0.29, 0.717) is 0 Å². The molecular formula is C6H7N2O3S. The van der Waals surface area contributed by atoms with Crippen LogP contribution in [0.5, 0.6) is 0 Å². The van der Waals surface area contributed by atoms with Crippen LogP contribution >= 0.6 is 0 Å². The van der Waals surface area contributed by atoms with Gasteiger partial charge in [0.05, 0.1) is 11.4 Å². The molecule has 0 saturated carbocycles. The minimum Gasteiger partial charge on any atom is -0.398 e. The zero-order valence-corrected chi connectivity index (χ0v) is 6.80. The van der Waals surface area contributed by atoms with Gasteiger partial charge in [-0.15, -0.1) is 0 Å². The Morgan fingerprint density at radius 1 is 1.42 bits per heavy atom. The van der Waals surface area contributed by atoms with E-state index in [1.54, 1.807) is 0 Å². The number of nitrogens with two attached hydrogens (primary N) is 1. The second-order valence-electron chi connectivity index (χ2n) is 2.23. The summed E-state index contributed by atoms with van der Waals surface area (Å²) in [6.07, 6.45) is 0. The fourth-order valence-electron chi connectivity index (χ4n) is 0.783. The first kappa shape index (κ1) is 8.82. The van der Waals surface area contributed by atoms with E-state index < -0.39 is 10.1 Å². The molecule has 5 nitrogen and oxygen atoms in total. The third-order valence-corrected chi connectivity index (χ3v) is 2.22. The summed E-state index contributed by atoms with van der Waals surface area (Å²) in [4.78, 5) is -0.362. The van der Waals surface area contributed by atoms with Gasteiger partial charge in [0, 0.05) is 0 Å². The third-order valence-electron chi connectivity index (χ3n) is 1.29. The van der Waals surface area contributed by atoms with Crippen LogP contribution in [0.4, 0.5) is 11.4 Å². The topological polar surface area (TPSA) is 104 Å². The highest BCUT2D eigenvalue weighted by Gasteiger charge is 2.12. The lowest BCUT2D eigenvalue weighted by Crippen LogP contribution is -2.02. The van der Waals surface area contributed by atoms with Crippen LogP contribution in [-0.4, -0.2) is 13.0 Å². The summed E-state index contributed by atoms with van der Waals surface area (Å²) in [5, 5.41) is 0. The Labute approximate surface area is 69.7 Å². The van der Waals surface area contributed by atoms with E-state index in [0.717, 1.165) is 12.1 Å². The molecular weight excluding hydrogens is 180 g/mol. The minimum atomic E-state index is -4.26. The Balaban J connectivity index is 3.39. The molecule has 0 heterocycles. The lowest BCUT2D eigenvalue weighted by Gasteiger charge is -2.01. The number of hydrogen-bond acceptors (Lipinski definition) is 3. The lowest BCUT2D eigenvalue weighted by molar-refractivity contribution is 0.483. The van der Waals surface area contributed by atoms with Gasteiger partial charge < -0.3 is 11.5 Å².